The summed E-state index contributed by atoms with van der Waals surface area (Å²) in [5.74, 6) is 0.660. The number of likely N-dealkylation sites (tertiary alicyclic amines) is 1. The molecule has 0 aliphatic carbocycles. The highest BCUT2D eigenvalue weighted by Gasteiger charge is 2.35. The van der Waals surface area contributed by atoms with E-state index in [1.807, 2.05) is 81.6 Å². The third-order valence-electron chi connectivity index (χ3n) is 5.97. The number of nitrogens with zero attached hydrogens (tertiary/aromatic N) is 2. The molecule has 0 radical (unpaired) electrons. The first-order valence-corrected chi connectivity index (χ1v) is 12.2. The van der Waals surface area contributed by atoms with Crippen molar-refractivity contribution in [2.75, 3.05) is 13.2 Å². The SMILES string of the molecule is CC(C)(C)OC(=O)N1CC[C@H]1COc1cncc(-c2cccc(C[C@@H](O)Cc3ccccc3)c2)c1. The fraction of sp³-hybridized carbons (Fsp3) is 0.379. The van der Waals surface area contributed by atoms with E-state index in [0.717, 1.165) is 28.7 Å². The first-order valence-electron chi connectivity index (χ1n) is 12.2. The summed E-state index contributed by atoms with van der Waals surface area (Å²) in [5.41, 5.74) is 3.65. The van der Waals surface area contributed by atoms with Gasteiger partial charge in [-0.1, -0.05) is 54.6 Å². The fourth-order valence-electron chi connectivity index (χ4n) is 4.13. The van der Waals surface area contributed by atoms with Gasteiger partial charge in [-0.25, -0.2) is 4.79 Å². The lowest BCUT2D eigenvalue weighted by Crippen LogP contribution is -2.55. The molecule has 1 aliphatic heterocycles. The molecule has 1 saturated heterocycles. The Morgan fingerprint density at radius 1 is 1.03 bits per heavy atom. The van der Waals surface area contributed by atoms with Crippen molar-refractivity contribution >= 4 is 6.09 Å². The Bertz CT molecular complexity index is 1130. The maximum absolute atomic E-state index is 12.3. The standard InChI is InChI=1S/C29H34N2O4/c1-29(2,3)35-28(33)31-13-12-25(31)20-34-27-17-24(18-30-19-27)23-11-7-10-22(14-23)16-26(32)15-21-8-5-4-6-9-21/h4-11,14,17-19,25-26,32H,12-13,15-16,20H2,1-3H3/t25-,26-/m0/s1. The lowest BCUT2D eigenvalue weighted by atomic mass is 9.98. The van der Waals surface area contributed by atoms with Gasteiger partial charge in [0.05, 0.1) is 18.3 Å². The van der Waals surface area contributed by atoms with Crippen LogP contribution in [0.5, 0.6) is 5.75 Å². The number of rotatable bonds is 8. The van der Waals surface area contributed by atoms with Crippen LogP contribution in [0.1, 0.15) is 38.3 Å². The van der Waals surface area contributed by atoms with E-state index in [-0.39, 0.29) is 12.1 Å². The Balaban J connectivity index is 1.35. The molecule has 2 aromatic carbocycles. The van der Waals surface area contributed by atoms with Gasteiger partial charge in [-0.2, -0.15) is 0 Å². The lowest BCUT2D eigenvalue weighted by Gasteiger charge is -2.40. The number of benzene rings is 2. The predicted molar refractivity (Wildman–Crippen MR) is 136 cm³/mol. The van der Waals surface area contributed by atoms with Crippen molar-refractivity contribution in [2.45, 2.75) is 57.8 Å². The Kier molecular flexibility index (Phi) is 7.71. The van der Waals surface area contributed by atoms with E-state index >= 15 is 0 Å². The van der Waals surface area contributed by atoms with E-state index in [1.165, 1.54) is 0 Å². The number of carbonyl (C=O) groups is 1. The molecule has 0 saturated carbocycles. The molecule has 1 N–H and O–H groups in total. The smallest absolute Gasteiger partial charge is 0.410 e. The van der Waals surface area contributed by atoms with Crippen molar-refractivity contribution < 1.29 is 19.4 Å². The van der Waals surface area contributed by atoms with Crippen LogP contribution in [0.25, 0.3) is 11.1 Å². The maximum atomic E-state index is 12.3. The van der Waals surface area contributed by atoms with Gasteiger partial charge in [0, 0.05) is 18.3 Å². The average Bonchev–Trinajstić information content (AvgIpc) is 2.78. The molecule has 35 heavy (non-hydrogen) atoms. The number of aliphatic hydroxyl groups is 1. The molecule has 1 amide bonds. The summed E-state index contributed by atoms with van der Waals surface area (Å²) in [4.78, 5) is 18.4. The number of aromatic nitrogens is 1. The summed E-state index contributed by atoms with van der Waals surface area (Å²) < 4.78 is 11.5. The maximum Gasteiger partial charge on any atom is 0.410 e. The molecule has 6 nitrogen and oxygen atoms in total. The van der Waals surface area contributed by atoms with Gasteiger partial charge < -0.3 is 19.5 Å². The predicted octanol–water partition coefficient (Wildman–Crippen LogP) is 5.28. The molecule has 2 atom stereocenters. The van der Waals surface area contributed by atoms with Gasteiger partial charge >= 0.3 is 6.09 Å². The number of ether oxygens (including phenoxy) is 2. The van der Waals surface area contributed by atoms with Gasteiger partial charge in [0.2, 0.25) is 0 Å². The Morgan fingerprint density at radius 2 is 1.77 bits per heavy atom. The Morgan fingerprint density at radius 3 is 2.49 bits per heavy atom. The Labute approximate surface area is 207 Å². The number of hydrogen-bond donors (Lipinski definition) is 1. The summed E-state index contributed by atoms with van der Waals surface area (Å²) in [6, 6.07) is 20.2. The Hall–Kier alpha value is -3.38. The molecule has 1 aromatic heterocycles. The van der Waals surface area contributed by atoms with Gasteiger partial charge in [-0.05, 0) is 62.8 Å². The molecule has 0 bridgehead atoms. The molecule has 184 valence electrons. The van der Waals surface area contributed by atoms with Crippen molar-refractivity contribution in [3.63, 3.8) is 0 Å². The van der Waals surface area contributed by atoms with Crippen molar-refractivity contribution in [1.82, 2.24) is 9.88 Å². The number of pyridine rings is 1. The molecule has 2 heterocycles. The largest absolute Gasteiger partial charge is 0.490 e. The lowest BCUT2D eigenvalue weighted by molar-refractivity contribution is -0.0141. The monoisotopic (exact) mass is 474 g/mol. The summed E-state index contributed by atoms with van der Waals surface area (Å²) >= 11 is 0. The second-order valence-electron chi connectivity index (χ2n) is 10.1. The van der Waals surface area contributed by atoms with E-state index in [1.54, 1.807) is 11.1 Å². The first kappa shape index (κ1) is 24.7. The van der Waals surface area contributed by atoms with Crippen LogP contribution in [0, 0.1) is 0 Å². The summed E-state index contributed by atoms with van der Waals surface area (Å²) in [6.07, 6.45) is 4.84. The summed E-state index contributed by atoms with van der Waals surface area (Å²) in [6.45, 7) is 6.69. The van der Waals surface area contributed by atoms with Crippen LogP contribution in [0.3, 0.4) is 0 Å². The van der Waals surface area contributed by atoms with Crippen LogP contribution in [0.2, 0.25) is 0 Å². The summed E-state index contributed by atoms with van der Waals surface area (Å²) in [7, 11) is 0. The zero-order valence-electron chi connectivity index (χ0n) is 20.7. The quantitative estimate of drug-likeness (QED) is 0.481. The number of carbonyl (C=O) groups excluding carboxylic acids is 1. The minimum Gasteiger partial charge on any atom is -0.490 e. The highest BCUT2D eigenvalue weighted by molar-refractivity contribution is 5.69. The topological polar surface area (TPSA) is 71.9 Å². The highest BCUT2D eigenvalue weighted by atomic mass is 16.6. The second-order valence-corrected chi connectivity index (χ2v) is 10.1. The van der Waals surface area contributed by atoms with Gasteiger partial charge in [0.1, 0.15) is 18.0 Å². The third kappa shape index (κ3) is 7.06. The molecule has 0 unspecified atom stereocenters. The van der Waals surface area contributed by atoms with E-state index in [2.05, 4.69) is 11.1 Å². The molecule has 0 spiro atoms. The van der Waals surface area contributed by atoms with Crippen molar-refractivity contribution in [2.24, 2.45) is 0 Å². The van der Waals surface area contributed by atoms with Gasteiger partial charge in [0.25, 0.3) is 0 Å². The minimum absolute atomic E-state index is 0.00272. The van der Waals surface area contributed by atoms with Crippen LogP contribution < -0.4 is 4.74 Å². The van der Waals surface area contributed by atoms with Crippen molar-refractivity contribution in [3.8, 4) is 16.9 Å². The molecule has 1 fully saturated rings. The number of hydrogen-bond acceptors (Lipinski definition) is 5. The molecular formula is C29H34N2O4. The molecule has 3 aromatic rings. The number of amides is 1. The molecule has 4 rings (SSSR count). The first-order chi connectivity index (χ1) is 16.8. The molecule has 1 aliphatic rings. The average molecular weight is 475 g/mol. The van der Waals surface area contributed by atoms with Crippen molar-refractivity contribution in [3.05, 3.63) is 84.2 Å². The highest BCUT2D eigenvalue weighted by Crippen LogP contribution is 2.26. The summed E-state index contributed by atoms with van der Waals surface area (Å²) in [5, 5.41) is 10.6. The third-order valence-corrected chi connectivity index (χ3v) is 5.97. The van der Waals surface area contributed by atoms with E-state index in [9.17, 15) is 9.90 Å². The minimum atomic E-state index is -0.511. The van der Waals surface area contributed by atoms with Crippen molar-refractivity contribution in [1.29, 1.82) is 0 Å². The van der Waals surface area contributed by atoms with Crippen LogP contribution in [0.4, 0.5) is 4.79 Å². The fourth-order valence-corrected chi connectivity index (χ4v) is 4.13. The van der Waals surface area contributed by atoms with Crippen LogP contribution in [-0.4, -0.2) is 52.0 Å². The van der Waals surface area contributed by atoms with Crippen LogP contribution in [0.15, 0.2) is 73.1 Å². The van der Waals surface area contributed by atoms with E-state index < -0.39 is 11.7 Å². The van der Waals surface area contributed by atoms with Gasteiger partial charge in [-0.15, -0.1) is 0 Å². The van der Waals surface area contributed by atoms with Crippen LogP contribution >= 0.6 is 0 Å². The normalized spacial score (nSPS) is 16.3. The van der Waals surface area contributed by atoms with E-state index in [0.29, 0.717) is 31.7 Å². The zero-order valence-corrected chi connectivity index (χ0v) is 20.7. The van der Waals surface area contributed by atoms with E-state index in [4.69, 9.17) is 9.47 Å². The van der Waals surface area contributed by atoms with Gasteiger partial charge in [0.15, 0.2) is 0 Å². The number of aliphatic hydroxyl groups excluding tert-OH is 1. The molecular weight excluding hydrogens is 440 g/mol. The second kappa shape index (κ2) is 10.9. The van der Waals surface area contributed by atoms with Gasteiger partial charge in [-0.3, -0.25) is 4.98 Å². The molecule has 6 heteroatoms. The zero-order chi connectivity index (χ0) is 24.8. The van der Waals surface area contributed by atoms with Crippen LogP contribution in [-0.2, 0) is 17.6 Å².